The van der Waals surface area contributed by atoms with Gasteiger partial charge in [0.2, 0.25) is 0 Å². The van der Waals surface area contributed by atoms with Gasteiger partial charge in [-0.3, -0.25) is 0 Å². The van der Waals surface area contributed by atoms with Crippen molar-refractivity contribution in [3.05, 3.63) is 35.4 Å². The van der Waals surface area contributed by atoms with Gasteiger partial charge in [-0.25, -0.2) is 0 Å². The molecule has 86 valence electrons. The molecule has 2 fully saturated rings. The van der Waals surface area contributed by atoms with Crippen molar-refractivity contribution in [2.24, 2.45) is 11.7 Å². The number of rotatable bonds is 3. The largest absolute Gasteiger partial charge is 0.324 e. The van der Waals surface area contributed by atoms with Crippen LogP contribution in [-0.2, 0) is 0 Å². The van der Waals surface area contributed by atoms with E-state index in [2.05, 4.69) is 24.3 Å². The number of benzene rings is 1. The van der Waals surface area contributed by atoms with Gasteiger partial charge < -0.3 is 5.73 Å². The van der Waals surface area contributed by atoms with Gasteiger partial charge in [0.25, 0.3) is 0 Å². The Morgan fingerprint density at radius 3 is 2.00 bits per heavy atom. The zero-order valence-corrected chi connectivity index (χ0v) is 9.86. The van der Waals surface area contributed by atoms with E-state index in [0.29, 0.717) is 0 Å². The second kappa shape index (κ2) is 4.21. The number of nitrogens with two attached hydrogens (primary N) is 1. The smallest absolute Gasteiger partial charge is 0.0323 e. The van der Waals surface area contributed by atoms with Crippen LogP contribution in [-0.4, -0.2) is 0 Å². The molecule has 0 aliphatic heterocycles. The molecule has 2 N–H and O–H groups in total. The van der Waals surface area contributed by atoms with Crippen molar-refractivity contribution in [3.8, 4) is 0 Å². The molecule has 1 heteroatoms. The fraction of sp³-hybridized carbons (Fsp3) is 0.600. The van der Waals surface area contributed by atoms with Crippen molar-refractivity contribution in [2.75, 3.05) is 0 Å². The maximum atomic E-state index is 6.27. The van der Waals surface area contributed by atoms with E-state index in [0.717, 1.165) is 11.8 Å². The predicted octanol–water partition coefficient (Wildman–Crippen LogP) is 3.75. The summed E-state index contributed by atoms with van der Waals surface area (Å²) in [5.74, 6) is 1.59. The van der Waals surface area contributed by atoms with Crippen LogP contribution in [0.3, 0.4) is 0 Å². The van der Waals surface area contributed by atoms with E-state index >= 15 is 0 Å². The predicted molar refractivity (Wildman–Crippen MR) is 67.3 cm³/mol. The molecule has 1 atom stereocenters. The minimum absolute atomic E-state index is 0.282. The summed E-state index contributed by atoms with van der Waals surface area (Å²) >= 11 is 0. The average molecular weight is 215 g/mol. The van der Waals surface area contributed by atoms with E-state index in [1.165, 1.54) is 49.7 Å². The molecule has 0 bridgehead atoms. The van der Waals surface area contributed by atoms with Gasteiger partial charge in [0, 0.05) is 6.04 Å². The van der Waals surface area contributed by atoms with Gasteiger partial charge in [-0.2, -0.15) is 0 Å². The van der Waals surface area contributed by atoms with Gasteiger partial charge in [-0.05, 0) is 48.6 Å². The summed E-state index contributed by atoms with van der Waals surface area (Å²) < 4.78 is 0. The van der Waals surface area contributed by atoms with Crippen LogP contribution in [0.4, 0.5) is 0 Å². The maximum absolute atomic E-state index is 6.27. The number of hydrogen-bond acceptors (Lipinski definition) is 1. The van der Waals surface area contributed by atoms with E-state index < -0.39 is 0 Å². The molecular weight excluding hydrogens is 194 g/mol. The van der Waals surface area contributed by atoms with Crippen molar-refractivity contribution in [1.82, 2.24) is 0 Å². The highest BCUT2D eigenvalue weighted by Crippen LogP contribution is 2.38. The SMILES string of the molecule is NC(c1ccc(C2CCC2)cc1)C1CCC1. The topological polar surface area (TPSA) is 26.0 Å². The Bertz CT molecular complexity index is 346. The highest BCUT2D eigenvalue weighted by molar-refractivity contribution is 5.28. The maximum Gasteiger partial charge on any atom is 0.0323 e. The van der Waals surface area contributed by atoms with E-state index in [1.807, 2.05) is 0 Å². The Kier molecular flexibility index (Phi) is 2.72. The van der Waals surface area contributed by atoms with Crippen molar-refractivity contribution < 1.29 is 0 Å². The lowest BCUT2D eigenvalue weighted by Crippen LogP contribution is -2.26. The molecule has 1 unspecified atom stereocenters. The summed E-state index contributed by atoms with van der Waals surface area (Å²) in [5.41, 5.74) is 9.14. The molecule has 1 aromatic rings. The second-order valence-corrected chi connectivity index (χ2v) is 5.51. The minimum atomic E-state index is 0.282. The molecule has 3 rings (SSSR count). The molecule has 0 aromatic heterocycles. The molecule has 2 saturated carbocycles. The highest BCUT2D eigenvalue weighted by Gasteiger charge is 2.26. The molecule has 0 heterocycles. The fourth-order valence-corrected chi connectivity index (χ4v) is 2.80. The minimum Gasteiger partial charge on any atom is -0.324 e. The lowest BCUT2D eigenvalue weighted by atomic mass is 9.76. The summed E-state index contributed by atoms with van der Waals surface area (Å²) in [5, 5.41) is 0. The lowest BCUT2D eigenvalue weighted by molar-refractivity contribution is 0.264. The highest BCUT2D eigenvalue weighted by atomic mass is 14.7. The Morgan fingerprint density at radius 2 is 1.56 bits per heavy atom. The van der Waals surface area contributed by atoms with Crippen molar-refractivity contribution in [1.29, 1.82) is 0 Å². The quantitative estimate of drug-likeness (QED) is 0.816. The van der Waals surface area contributed by atoms with Gasteiger partial charge in [-0.1, -0.05) is 37.1 Å². The van der Waals surface area contributed by atoms with Crippen LogP contribution in [0.25, 0.3) is 0 Å². The Morgan fingerprint density at radius 1 is 0.938 bits per heavy atom. The molecule has 2 aliphatic rings. The van der Waals surface area contributed by atoms with Gasteiger partial charge in [0.15, 0.2) is 0 Å². The molecular formula is C15H21N. The molecule has 2 aliphatic carbocycles. The Labute approximate surface area is 98.0 Å². The summed E-state index contributed by atoms with van der Waals surface area (Å²) in [4.78, 5) is 0. The normalized spacial score (nSPS) is 23.6. The molecule has 1 nitrogen and oxygen atoms in total. The third-order valence-corrected chi connectivity index (χ3v) is 4.56. The van der Waals surface area contributed by atoms with Crippen LogP contribution >= 0.6 is 0 Å². The van der Waals surface area contributed by atoms with Gasteiger partial charge in [0.1, 0.15) is 0 Å². The van der Waals surface area contributed by atoms with Crippen molar-refractivity contribution >= 4 is 0 Å². The van der Waals surface area contributed by atoms with Crippen LogP contribution in [0, 0.1) is 5.92 Å². The van der Waals surface area contributed by atoms with Crippen molar-refractivity contribution in [3.63, 3.8) is 0 Å². The fourth-order valence-electron chi connectivity index (χ4n) is 2.80. The molecule has 0 radical (unpaired) electrons. The number of hydrogen-bond donors (Lipinski definition) is 1. The third-order valence-electron chi connectivity index (χ3n) is 4.56. The Balaban J connectivity index is 1.70. The Hall–Kier alpha value is -0.820. The van der Waals surface area contributed by atoms with Gasteiger partial charge in [0.05, 0.1) is 0 Å². The summed E-state index contributed by atoms with van der Waals surface area (Å²) in [6.07, 6.45) is 8.20. The molecule has 0 saturated heterocycles. The van der Waals surface area contributed by atoms with Crippen LogP contribution in [0.15, 0.2) is 24.3 Å². The van der Waals surface area contributed by atoms with Gasteiger partial charge in [-0.15, -0.1) is 0 Å². The zero-order chi connectivity index (χ0) is 11.0. The van der Waals surface area contributed by atoms with Crippen LogP contribution in [0.5, 0.6) is 0 Å². The first-order valence-corrected chi connectivity index (χ1v) is 6.70. The van der Waals surface area contributed by atoms with E-state index in [9.17, 15) is 0 Å². The van der Waals surface area contributed by atoms with Crippen LogP contribution in [0.1, 0.15) is 61.6 Å². The standard InChI is InChI=1S/C15H21N/c16-15(13-5-2-6-13)14-9-7-12(8-10-14)11-3-1-4-11/h7-11,13,15H,1-6,16H2. The second-order valence-electron chi connectivity index (χ2n) is 5.51. The first-order valence-electron chi connectivity index (χ1n) is 6.70. The van der Waals surface area contributed by atoms with E-state index in [-0.39, 0.29) is 6.04 Å². The molecule has 0 spiro atoms. The summed E-state index contributed by atoms with van der Waals surface area (Å²) in [6.45, 7) is 0. The van der Waals surface area contributed by atoms with Gasteiger partial charge >= 0.3 is 0 Å². The van der Waals surface area contributed by atoms with E-state index in [1.54, 1.807) is 0 Å². The first kappa shape index (κ1) is 10.3. The van der Waals surface area contributed by atoms with Crippen LogP contribution in [0.2, 0.25) is 0 Å². The zero-order valence-electron chi connectivity index (χ0n) is 9.86. The first-order chi connectivity index (χ1) is 7.84. The lowest BCUT2D eigenvalue weighted by Gasteiger charge is -2.32. The molecule has 1 aromatic carbocycles. The summed E-state index contributed by atoms with van der Waals surface area (Å²) in [6, 6.07) is 9.41. The third kappa shape index (κ3) is 1.78. The van der Waals surface area contributed by atoms with Crippen molar-refractivity contribution in [2.45, 2.75) is 50.5 Å². The molecule has 16 heavy (non-hydrogen) atoms. The monoisotopic (exact) mass is 215 g/mol. The molecule has 0 amide bonds. The van der Waals surface area contributed by atoms with Crippen LogP contribution < -0.4 is 5.73 Å². The van der Waals surface area contributed by atoms with E-state index in [4.69, 9.17) is 5.73 Å². The average Bonchev–Trinajstić information content (AvgIpc) is 2.13. The summed E-state index contributed by atoms with van der Waals surface area (Å²) in [7, 11) is 0.